The monoisotopic (exact) mass is 309 g/mol. The van der Waals surface area contributed by atoms with E-state index in [4.69, 9.17) is 4.74 Å². The van der Waals surface area contributed by atoms with E-state index in [1.807, 2.05) is 48.5 Å². The smallest absolute Gasteiger partial charge is 0.347 e. The van der Waals surface area contributed by atoms with E-state index in [1.54, 1.807) is 6.20 Å². The van der Waals surface area contributed by atoms with Crippen LogP contribution in [0.25, 0.3) is 10.9 Å². The van der Waals surface area contributed by atoms with Crippen molar-refractivity contribution in [2.75, 3.05) is 11.9 Å². The quantitative estimate of drug-likeness (QED) is 0.715. The van der Waals surface area contributed by atoms with Gasteiger partial charge in [0.25, 0.3) is 0 Å². The number of unbranched alkanes of at least 4 members (excludes halogenated alkanes) is 1. The first kappa shape index (κ1) is 15.1. The second-order valence-corrected chi connectivity index (χ2v) is 5.27. The van der Waals surface area contributed by atoms with Crippen molar-refractivity contribution < 1.29 is 9.53 Å². The molecule has 0 atom stereocenters. The number of hydrogen-bond acceptors (Lipinski definition) is 3. The third-order valence-electron chi connectivity index (χ3n) is 3.54. The lowest BCUT2D eigenvalue weighted by atomic mass is 10.2. The lowest BCUT2D eigenvalue weighted by molar-refractivity contribution is 0.252. The number of amides is 1. The number of nitrogens with one attached hydrogen (secondary N) is 1. The Balaban J connectivity index is 1.68. The maximum absolute atomic E-state index is 12.3. The summed E-state index contributed by atoms with van der Waals surface area (Å²) in [6, 6.07) is 14.7. The van der Waals surface area contributed by atoms with Crippen LogP contribution in [-0.2, 0) is 0 Å². The summed E-state index contributed by atoms with van der Waals surface area (Å²) in [7, 11) is 0. The van der Waals surface area contributed by atoms with Crippen LogP contribution in [0, 0.1) is 0 Å². The zero-order valence-corrected chi connectivity index (χ0v) is 13.0. The number of carbonyl (C=O) groups is 1. The molecule has 0 bridgehead atoms. The highest BCUT2D eigenvalue weighted by Gasteiger charge is 2.10. The predicted molar refractivity (Wildman–Crippen MR) is 91.0 cm³/mol. The van der Waals surface area contributed by atoms with Crippen LogP contribution in [0.2, 0.25) is 0 Å². The third kappa shape index (κ3) is 3.51. The van der Waals surface area contributed by atoms with Gasteiger partial charge in [-0.15, -0.1) is 0 Å². The molecule has 23 heavy (non-hydrogen) atoms. The van der Waals surface area contributed by atoms with Crippen LogP contribution in [0.4, 0.5) is 10.5 Å². The van der Waals surface area contributed by atoms with Crippen molar-refractivity contribution in [3.05, 3.63) is 54.7 Å². The van der Waals surface area contributed by atoms with E-state index in [2.05, 4.69) is 17.3 Å². The van der Waals surface area contributed by atoms with Gasteiger partial charge in [0.1, 0.15) is 5.75 Å². The molecule has 0 spiro atoms. The number of carbonyl (C=O) groups excluding carboxylic acids is 1. The number of para-hydroxylation sites is 1. The average Bonchev–Trinajstić information content (AvgIpc) is 3.01. The summed E-state index contributed by atoms with van der Waals surface area (Å²) in [5.41, 5.74) is 1.49. The Hall–Kier alpha value is -2.82. The predicted octanol–water partition coefficient (Wildman–Crippen LogP) is 4.30. The number of aromatic nitrogens is 2. The number of hydrogen-bond donors (Lipinski definition) is 1. The van der Waals surface area contributed by atoms with E-state index in [0.717, 1.165) is 29.5 Å². The summed E-state index contributed by atoms with van der Waals surface area (Å²) in [6.07, 6.45) is 3.82. The summed E-state index contributed by atoms with van der Waals surface area (Å²) in [5.74, 6) is 0.806. The van der Waals surface area contributed by atoms with Crippen LogP contribution >= 0.6 is 0 Å². The van der Waals surface area contributed by atoms with E-state index in [9.17, 15) is 4.79 Å². The van der Waals surface area contributed by atoms with Gasteiger partial charge < -0.3 is 10.1 Å². The Morgan fingerprint density at radius 2 is 1.96 bits per heavy atom. The molecule has 1 amide bonds. The van der Waals surface area contributed by atoms with Crippen molar-refractivity contribution in [2.45, 2.75) is 19.8 Å². The lowest BCUT2D eigenvalue weighted by Gasteiger charge is -2.08. The molecule has 0 fully saturated rings. The number of benzene rings is 2. The Morgan fingerprint density at radius 1 is 1.17 bits per heavy atom. The molecule has 0 aliphatic rings. The summed E-state index contributed by atoms with van der Waals surface area (Å²) < 4.78 is 6.97. The van der Waals surface area contributed by atoms with Crippen molar-refractivity contribution in [3.63, 3.8) is 0 Å². The first-order valence-corrected chi connectivity index (χ1v) is 7.75. The molecule has 3 aromatic rings. The molecule has 0 aliphatic carbocycles. The summed E-state index contributed by atoms with van der Waals surface area (Å²) in [5, 5.41) is 7.91. The highest BCUT2D eigenvalue weighted by atomic mass is 16.5. The van der Waals surface area contributed by atoms with Gasteiger partial charge in [0, 0.05) is 11.1 Å². The van der Waals surface area contributed by atoms with Crippen LogP contribution in [0.5, 0.6) is 5.75 Å². The van der Waals surface area contributed by atoms with Crippen LogP contribution in [0.15, 0.2) is 54.7 Å². The molecule has 1 heterocycles. The van der Waals surface area contributed by atoms with Gasteiger partial charge in [0.15, 0.2) is 0 Å². The molecule has 0 radical (unpaired) electrons. The highest BCUT2D eigenvalue weighted by molar-refractivity contribution is 5.97. The molecule has 118 valence electrons. The van der Waals surface area contributed by atoms with E-state index < -0.39 is 0 Å². The number of anilines is 1. The average molecular weight is 309 g/mol. The molecule has 5 heteroatoms. The highest BCUT2D eigenvalue weighted by Crippen LogP contribution is 2.17. The normalized spacial score (nSPS) is 10.7. The lowest BCUT2D eigenvalue weighted by Crippen LogP contribution is -2.20. The van der Waals surface area contributed by atoms with Gasteiger partial charge in [-0.1, -0.05) is 31.5 Å². The van der Waals surface area contributed by atoms with Crippen LogP contribution in [0.3, 0.4) is 0 Å². The Labute approximate surface area is 134 Å². The Kier molecular flexibility index (Phi) is 4.57. The van der Waals surface area contributed by atoms with Crippen LogP contribution < -0.4 is 10.1 Å². The van der Waals surface area contributed by atoms with Crippen molar-refractivity contribution in [1.82, 2.24) is 9.78 Å². The molecule has 3 rings (SSSR count). The number of fused-ring (bicyclic) bond motifs is 1. The van der Waals surface area contributed by atoms with Crippen molar-refractivity contribution >= 4 is 22.6 Å². The SMILES string of the molecule is CCCCOc1ccc(NC(=O)n2ncc3ccccc32)cc1. The summed E-state index contributed by atoms with van der Waals surface area (Å²) in [6.45, 7) is 2.84. The fourth-order valence-electron chi connectivity index (χ4n) is 2.28. The van der Waals surface area contributed by atoms with Gasteiger partial charge in [-0.25, -0.2) is 4.79 Å². The minimum absolute atomic E-state index is 0.286. The number of rotatable bonds is 5. The van der Waals surface area contributed by atoms with Gasteiger partial charge >= 0.3 is 6.03 Å². The minimum Gasteiger partial charge on any atom is -0.494 e. The number of ether oxygens (including phenoxy) is 1. The topological polar surface area (TPSA) is 56.1 Å². The van der Waals surface area contributed by atoms with Crippen molar-refractivity contribution in [1.29, 1.82) is 0 Å². The van der Waals surface area contributed by atoms with Crippen LogP contribution in [0.1, 0.15) is 19.8 Å². The second kappa shape index (κ2) is 6.96. The Morgan fingerprint density at radius 3 is 2.74 bits per heavy atom. The van der Waals surface area contributed by atoms with Crippen molar-refractivity contribution in [3.8, 4) is 5.75 Å². The third-order valence-corrected chi connectivity index (χ3v) is 3.54. The molecular weight excluding hydrogens is 290 g/mol. The molecule has 5 nitrogen and oxygen atoms in total. The minimum atomic E-state index is -0.286. The van der Waals surface area contributed by atoms with Gasteiger partial charge in [0.05, 0.1) is 18.3 Å². The van der Waals surface area contributed by atoms with E-state index in [1.165, 1.54) is 4.68 Å². The fourth-order valence-corrected chi connectivity index (χ4v) is 2.28. The molecule has 0 saturated carbocycles. The molecule has 0 aliphatic heterocycles. The largest absolute Gasteiger partial charge is 0.494 e. The maximum atomic E-state index is 12.3. The van der Waals surface area contributed by atoms with E-state index >= 15 is 0 Å². The first-order valence-electron chi connectivity index (χ1n) is 7.75. The Bertz CT molecular complexity index is 793. The van der Waals surface area contributed by atoms with E-state index in [0.29, 0.717) is 12.3 Å². The molecule has 0 saturated heterocycles. The van der Waals surface area contributed by atoms with Gasteiger partial charge in [-0.2, -0.15) is 9.78 Å². The van der Waals surface area contributed by atoms with Gasteiger partial charge in [-0.05, 0) is 36.8 Å². The first-order chi connectivity index (χ1) is 11.3. The van der Waals surface area contributed by atoms with Crippen molar-refractivity contribution in [2.24, 2.45) is 0 Å². The molecule has 2 aromatic carbocycles. The zero-order valence-electron chi connectivity index (χ0n) is 13.0. The standard InChI is InChI=1S/C18H19N3O2/c1-2-3-12-23-16-10-8-15(9-11-16)20-18(22)21-17-7-5-4-6-14(17)13-19-21/h4-11,13H,2-3,12H2,1H3,(H,20,22). The number of nitrogens with zero attached hydrogens (tertiary/aromatic N) is 2. The molecule has 1 aromatic heterocycles. The summed E-state index contributed by atoms with van der Waals surface area (Å²) >= 11 is 0. The molecular formula is C18H19N3O2. The van der Waals surface area contributed by atoms with Gasteiger partial charge in [0.2, 0.25) is 0 Å². The van der Waals surface area contributed by atoms with E-state index in [-0.39, 0.29) is 6.03 Å². The summed E-state index contributed by atoms with van der Waals surface area (Å²) in [4.78, 5) is 12.3. The maximum Gasteiger partial charge on any atom is 0.347 e. The van der Waals surface area contributed by atoms with Crippen LogP contribution in [-0.4, -0.2) is 22.4 Å². The second-order valence-electron chi connectivity index (χ2n) is 5.27. The fraction of sp³-hybridized carbons (Fsp3) is 0.222. The molecule has 1 N–H and O–H groups in total. The van der Waals surface area contributed by atoms with Gasteiger partial charge in [-0.3, -0.25) is 0 Å². The molecule has 0 unspecified atom stereocenters. The zero-order chi connectivity index (χ0) is 16.1.